The van der Waals surface area contributed by atoms with Gasteiger partial charge in [0.25, 0.3) is 0 Å². The number of aryl methyl sites for hydroxylation is 1. The van der Waals surface area contributed by atoms with Gasteiger partial charge in [-0.15, -0.1) is 5.10 Å². The number of hydrogen-bond donors (Lipinski definition) is 4. The predicted molar refractivity (Wildman–Crippen MR) is 150 cm³/mol. The van der Waals surface area contributed by atoms with Crippen molar-refractivity contribution in [3.05, 3.63) is 60.4 Å². The molecule has 0 aliphatic rings. The van der Waals surface area contributed by atoms with E-state index in [0.29, 0.717) is 49.3 Å². The number of aromatic nitrogens is 5. The van der Waals surface area contributed by atoms with Gasteiger partial charge in [0.1, 0.15) is 17.9 Å². The van der Waals surface area contributed by atoms with Crippen molar-refractivity contribution in [3.63, 3.8) is 0 Å². The topological polar surface area (TPSA) is 169 Å². The van der Waals surface area contributed by atoms with E-state index in [1.54, 1.807) is 24.3 Å². The smallest absolute Gasteiger partial charge is 0.237 e. The molecule has 206 valence electrons. The Morgan fingerprint density at radius 1 is 1.26 bits per heavy atom. The molecule has 0 bridgehead atoms. The lowest BCUT2D eigenvalue weighted by Gasteiger charge is -2.34. The fourth-order valence-corrected chi connectivity index (χ4v) is 4.66. The van der Waals surface area contributed by atoms with E-state index in [1.165, 1.54) is 5.01 Å². The maximum absolute atomic E-state index is 11.1. The van der Waals surface area contributed by atoms with Crippen LogP contribution in [0.2, 0.25) is 0 Å². The van der Waals surface area contributed by atoms with E-state index < -0.39 is 0 Å². The maximum Gasteiger partial charge on any atom is 0.237 e. The molecule has 0 fully saturated rings. The molecule has 3 heterocycles. The van der Waals surface area contributed by atoms with E-state index in [4.69, 9.17) is 16.4 Å². The van der Waals surface area contributed by atoms with Crippen LogP contribution in [0.1, 0.15) is 25.2 Å². The third-order valence-corrected chi connectivity index (χ3v) is 6.37. The molecule has 0 saturated carbocycles. The second kappa shape index (κ2) is 12.3. The Bertz CT molecular complexity index is 1420. The van der Waals surface area contributed by atoms with Gasteiger partial charge >= 0.3 is 0 Å². The van der Waals surface area contributed by atoms with E-state index in [2.05, 4.69) is 37.4 Å². The van der Waals surface area contributed by atoms with Gasteiger partial charge in [0.2, 0.25) is 12.4 Å². The number of benzene rings is 1. The minimum Gasteiger partial charge on any atom is -0.494 e. The van der Waals surface area contributed by atoms with Gasteiger partial charge in [-0.25, -0.2) is 25.5 Å². The number of guanidine groups is 1. The Morgan fingerprint density at radius 3 is 2.67 bits per heavy atom. The summed E-state index contributed by atoms with van der Waals surface area (Å²) in [5.74, 6) is 14.8. The first-order valence-corrected chi connectivity index (χ1v) is 12.6. The largest absolute Gasteiger partial charge is 0.494 e. The monoisotopic (exact) mass is 533 g/mol. The molecule has 4 aromatic rings. The molecule has 1 aromatic carbocycles. The zero-order valence-electron chi connectivity index (χ0n) is 22.6. The minimum atomic E-state index is -0.163. The molecular formula is C26H35N11O2. The maximum atomic E-state index is 11.1. The van der Waals surface area contributed by atoms with Gasteiger partial charge in [-0.1, -0.05) is 25.1 Å². The number of ether oxygens (including phenoxy) is 1. The summed E-state index contributed by atoms with van der Waals surface area (Å²) in [5.41, 5.74) is 2.61. The van der Waals surface area contributed by atoms with Gasteiger partial charge in [0, 0.05) is 25.3 Å². The van der Waals surface area contributed by atoms with E-state index in [0.717, 1.165) is 22.2 Å². The van der Waals surface area contributed by atoms with Crippen LogP contribution in [0.25, 0.3) is 16.7 Å². The summed E-state index contributed by atoms with van der Waals surface area (Å²) in [6, 6.07) is 9.28. The molecule has 13 heteroatoms. The van der Waals surface area contributed by atoms with Crippen molar-refractivity contribution in [2.45, 2.75) is 33.2 Å². The first kappa shape index (κ1) is 27.4. The predicted octanol–water partition coefficient (Wildman–Crippen LogP) is 1.69. The lowest BCUT2D eigenvalue weighted by Crippen LogP contribution is -2.53. The number of pyridine rings is 1. The highest BCUT2D eigenvalue weighted by molar-refractivity contribution is 5.95. The van der Waals surface area contributed by atoms with Crippen LogP contribution in [0.15, 0.2) is 54.2 Å². The summed E-state index contributed by atoms with van der Waals surface area (Å²) in [6.45, 7) is 6.90. The van der Waals surface area contributed by atoms with Crippen molar-refractivity contribution >= 4 is 29.0 Å². The molecule has 0 aliphatic carbocycles. The molecule has 6 N–H and O–H groups in total. The zero-order valence-corrected chi connectivity index (χ0v) is 22.6. The molecule has 0 aliphatic heterocycles. The average molecular weight is 534 g/mol. The Labute approximate surface area is 226 Å². The van der Waals surface area contributed by atoms with Crippen LogP contribution < -0.4 is 26.7 Å². The van der Waals surface area contributed by atoms with Gasteiger partial charge < -0.3 is 25.8 Å². The lowest BCUT2D eigenvalue weighted by molar-refractivity contribution is -0.110. The second-order valence-electron chi connectivity index (χ2n) is 9.48. The van der Waals surface area contributed by atoms with Crippen LogP contribution in [0.3, 0.4) is 0 Å². The van der Waals surface area contributed by atoms with Gasteiger partial charge in [0.05, 0.1) is 29.9 Å². The highest BCUT2D eigenvalue weighted by Crippen LogP contribution is 2.32. The molecular weight excluding hydrogens is 498 g/mol. The third kappa shape index (κ3) is 6.09. The van der Waals surface area contributed by atoms with Crippen LogP contribution in [-0.2, 0) is 11.2 Å². The number of hydrazine groups is 1. The number of fused-ring (bicyclic) bond motifs is 1. The number of aromatic amines is 1. The molecule has 4 rings (SSSR count). The first-order valence-electron chi connectivity index (χ1n) is 12.6. The van der Waals surface area contributed by atoms with Gasteiger partial charge in [-0.3, -0.25) is 4.79 Å². The lowest BCUT2D eigenvalue weighted by atomic mass is 9.99. The fourth-order valence-electron chi connectivity index (χ4n) is 4.66. The Kier molecular flexibility index (Phi) is 8.61. The van der Waals surface area contributed by atoms with Crippen LogP contribution in [0, 0.1) is 12.8 Å². The van der Waals surface area contributed by atoms with Crippen LogP contribution in [-0.4, -0.2) is 68.2 Å². The number of carbonyl (C=O) groups is 1. The number of rotatable bonds is 11. The van der Waals surface area contributed by atoms with Gasteiger partial charge in [-0.2, -0.15) is 5.10 Å². The number of hydrogen-bond acceptors (Lipinski definition) is 8. The molecule has 0 saturated heterocycles. The number of methoxy groups -OCH3 is 1. The average Bonchev–Trinajstić information content (AvgIpc) is 3.55. The highest BCUT2D eigenvalue weighted by Gasteiger charge is 2.24. The number of hydrazone groups is 1. The summed E-state index contributed by atoms with van der Waals surface area (Å²) in [4.78, 5) is 25.2. The van der Waals surface area contributed by atoms with Crippen molar-refractivity contribution in [1.29, 1.82) is 0 Å². The van der Waals surface area contributed by atoms with Gasteiger partial charge in [-0.05, 0) is 43.9 Å². The normalized spacial score (nSPS) is 13.2. The number of nitrogens with one attached hydrogen (secondary N) is 2. The summed E-state index contributed by atoms with van der Waals surface area (Å²) in [5, 5.41) is 13.6. The number of carbonyl (C=O) groups excluding carboxylic acids is 1. The van der Waals surface area contributed by atoms with E-state index >= 15 is 0 Å². The van der Waals surface area contributed by atoms with Crippen molar-refractivity contribution < 1.29 is 9.53 Å². The third-order valence-electron chi connectivity index (χ3n) is 6.37. The molecule has 0 spiro atoms. The standard InChI is InChI=1S/C26H35N11O2/c1-17(13-35(14-18(2)32-16-38)26(33-27)37(28)21-8-6-5-7-9-21)10-20-11-29-24-23(20)22(39-4)12-30-25(24)36-15-31-19(3)34-36/h5-9,11-12,15-18,29H,10,13-14,27-28H2,1-4H3,(H,32,38)/b33-26-/t17-,18-/m0/s1. The molecule has 3 aromatic heterocycles. The van der Waals surface area contributed by atoms with Gasteiger partial charge in [0.15, 0.2) is 5.82 Å². The molecule has 39 heavy (non-hydrogen) atoms. The second-order valence-corrected chi connectivity index (χ2v) is 9.48. The SMILES string of the molecule is COc1cnc(-n2cnc(C)n2)c2[nH]cc(C[C@H](C)CN(C[C@H](C)NC=O)/C(=N/N)N(N)c3ccccc3)c12. The van der Waals surface area contributed by atoms with Crippen LogP contribution in [0.5, 0.6) is 5.75 Å². The molecule has 0 unspecified atom stereocenters. The van der Waals surface area contributed by atoms with E-state index in [1.807, 2.05) is 55.3 Å². The molecule has 0 radical (unpaired) electrons. The molecule has 2 atom stereocenters. The van der Waals surface area contributed by atoms with Crippen molar-refractivity contribution in [2.75, 3.05) is 25.2 Å². The van der Waals surface area contributed by atoms with Crippen LogP contribution >= 0.6 is 0 Å². The van der Waals surface area contributed by atoms with Crippen LogP contribution in [0.4, 0.5) is 5.69 Å². The number of nitrogens with zero attached hydrogens (tertiary/aromatic N) is 7. The minimum absolute atomic E-state index is 0.128. The number of nitrogens with two attached hydrogens (primary N) is 2. The van der Waals surface area contributed by atoms with E-state index in [-0.39, 0.29) is 12.0 Å². The molecule has 13 nitrogen and oxygen atoms in total. The highest BCUT2D eigenvalue weighted by atomic mass is 16.5. The van der Waals surface area contributed by atoms with Crippen molar-refractivity contribution in [1.82, 2.24) is 34.9 Å². The summed E-state index contributed by atoms with van der Waals surface area (Å²) in [7, 11) is 1.63. The molecule has 1 amide bonds. The Morgan fingerprint density at radius 2 is 2.03 bits per heavy atom. The number of anilines is 1. The fraction of sp³-hybridized carbons (Fsp3) is 0.346. The van der Waals surface area contributed by atoms with Crippen molar-refractivity contribution in [2.24, 2.45) is 22.7 Å². The number of amides is 1. The Balaban J connectivity index is 1.62. The zero-order chi connectivity index (χ0) is 27.9. The first-order chi connectivity index (χ1) is 18.9. The summed E-state index contributed by atoms with van der Waals surface area (Å²) < 4.78 is 7.31. The number of para-hydroxylation sites is 1. The summed E-state index contributed by atoms with van der Waals surface area (Å²) >= 11 is 0. The summed E-state index contributed by atoms with van der Waals surface area (Å²) in [6.07, 6.45) is 6.69. The Hall–Kier alpha value is -4.65. The quantitative estimate of drug-likeness (QED) is 0.0737. The number of H-pyrrole nitrogens is 1. The van der Waals surface area contributed by atoms with Crippen molar-refractivity contribution in [3.8, 4) is 11.6 Å². The van der Waals surface area contributed by atoms with E-state index in [9.17, 15) is 4.79 Å².